The van der Waals surface area contributed by atoms with Crippen LogP contribution in [0, 0.1) is 5.82 Å². The average molecular weight is 402 g/mol. The fourth-order valence-corrected chi connectivity index (χ4v) is 3.60. The highest BCUT2D eigenvalue weighted by Gasteiger charge is 2.26. The summed E-state index contributed by atoms with van der Waals surface area (Å²) in [6, 6.07) is 14.3. The lowest BCUT2D eigenvalue weighted by molar-refractivity contribution is 0.581. The number of aromatic amines is 1. The van der Waals surface area contributed by atoms with Crippen molar-refractivity contribution in [1.29, 1.82) is 0 Å². The van der Waals surface area contributed by atoms with Crippen molar-refractivity contribution < 1.29 is 4.39 Å². The molecule has 0 spiro atoms. The molecule has 0 aliphatic carbocycles. The number of aromatic nitrogens is 4. The SMILES string of the molecule is CC(Nc1nc(N)nc2nc[nH]c12)C1N=c2ccc(F)cc2=CN1c1ccccc1. The van der Waals surface area contributed by atoms with Crippen LogP contribution in [0.2, 0.25) is 0 Å². The van der Waals surface area contributed by atoms with Crippen LogP contribution in [0.5, 0.6) is 0 Å². The van der Waals surface area contributed by atoms with Gasteiger partial charge in [-0.3, -0.25) is 4.99 Å². The van der Waals surface area contributed by atoms with Crippen LogP contribution in [0.3, 0.4) is 0 Å². The van der Waals surface area contributed by atoms with E-state index in [-0.39, 0.29) is 24.0 Å². The van der Waals surface area contributed by atoms with Crippen molar-refractivity contribution >= 4 is 34.8 Å². The number of nitrogens with two attached hydrogens (primary N) is 1. The largest absolute Gasteiger partial charge is 0.368 e. The Bertz CT molecular complexity index is 1330. The molecule has 0 bridgehead atoms. The van der Waals surface area contributed by atoms with Crippen molar-refractivity contribution in [3.63, 3.8) is 0 Å². The molecule has 1 aliphatic heterocycles. The molecule has 0 radical (unpaired) electrons. The van der Waals surface area contributed by atoms with Gasteiger partial charge in [0.2, 0.25) is 5.95 Å². The lowest BCUT2D eigenvalue weighted by Gasteiger charge is -2.34. The van der Waals surface area contributed by atoms with Gasteiger partial charge in [0.05, 0.1) is 17.7 Å². The van der Waals surface area contributed by atoms with Crippen molar-refractivity contribution in [3.05, 3.63) is 71.3 Å². The molecular formula is C21H19FN8. The van der Waals surface area contributed by atoms with Gasteiger partial charge in [0.15, 0.2) is 11.5 Å². The maximum absolute atomic E-state index is 13.8. The number of nitrogens with one attached hydrogen (secondary N) is 2. The minimum atomic E-state index is -0.306. The summed E-state index contributed by atoms with van der Waals surface area (Å²) in [5.41, 5.74) is 7.95. The summed E-state index contributed by atoms with van der Waals surface area (Å²) in [5.74, 6) is 0.392. The van der Waals surface area contributed by atoms with E-state index in [0.29, 0.717) is 17.0 Å². The van der Waals surface area contributed by atoms with Crippen molar-refractivity contribution in [1.82, 2.24) is 19.9 Å². The Kier molecular flexibility index (Phi) is 4.27. The second-order valence-electron chi connectivity index (χ2n) is 7.08. The number of para-hydroxylation sites is 1. The van der Waals surface area contributed by atoms with E-state index in [4.69, 9.17) is 10.7 Å². The summed E-state index contributed by atoms with van der Waals surface area (Å²) in [6.07, 6.45) is 3.16. The summed E-state index contributed by atoms with van der Waals surface area (Å²) in [7, 11) is 0. The molecule has 0 fully saturated rings. The summed E-state index contributed by atoms with van der Waals surface area (Å²) in [6.45, 7) is 2.01. The Morgan fingerprint density at radius 2 is 2.00 bits per heavy atom. The fraction of sp³-hybridized carbons (Fsp3) is 0.143. The van der Waals surface area contributed by atoms with Crippen molar-refractivity contribution in [2.45, 2.75) is 19.1 Å². The summed E-state index contributed by atoms with van der Waals surface area (Å²) in [4.78, 5) is 22.6. The van der Waals surface area contributed by atoms with Gasteiger partial charge >= 0.3 is 0 Å². The van der Waals surface area contributed by atoms with Crippen LogP contribution >= 0.6 is 0 Å². The molecule has 4 aromatic rings. The van der Waals surface area contributed by atoms with Crippen LogP contribution in [0.25, 0.3) is 17.4 Å². The number of anilines is 3. The molecule has 2 aromatic carbocycles. The van der Waals surface area contributed by atoms with Gasteiger partial charge in [-0.05, 0) is 37.3 Å². The Balaban J connectivity index is 1.57. The smallest absolute Gasteiger partial charge is 0.224 e. The number of nitrogen functional groups attached to an aromatic ring is 1. The predicted octanol–water partition coefficient (Wildman–Crippen LogP) is 1.78. The summed E-state index contributed by atoms with van der Waals surface area (Å²) in [5, 5.41) is 4.85. The summed E-state index contributed by atoms with van der Waals surface area (Å²) >= 11 is 0. The number of hydrogen-bond acceptors (Lipinski definition) is 7. The Labute approximate surface area is 171 Å². The fourth-order valence-electron chi connectivity index (χ4n) is 3.60. The molecule has 5 rings (SSSR count). The van der Waals surface area contributed by atoms with E-state index < -0.39 is 0 Å². The highest BCUT2D eigenvalue weighted by atomic mass is 19.1. The number of benzene rings is 2. The van der Waals surface area contributed by atoms with Gasteiger partial charge in [-0.1, -0.05) is 18.2 Å². The third-order valence-corrected chi connectivity index (χ3v) is 4.99. The first kappa shape index (κ1) is 18.0. The van der Waals surface area contributed by atoms with Crippen LogP contribution in [-0.4, -0.2) is 32.1 Å². The molecule has 0 saturated heterocycles. The number of H-pyrrole nitrogens is 1. The lowest BCUT2D eigenvalue weighted by atomic mass is 10.1. The van der Waals surface area contributed by atoms with Crippen LogP contribution in [0.4, 0.5) is 21.8 Å². The summed E-state index contributed by atoms with van der Waals surface area (Å²) < 4.78 is 13.8. The molecule has 8 nitrogen and oxygen atoms in total. The van der Waals surface area contributed by atoms with E-state index in [9.17, 15) is 4.39 Å². The molecule has 30 heavy (non-hydrogen) atoms. The highest BCUT2D eigenvalue weighted by Crippen LogP contribution is 2.24. The number of imidazole rings is 1. The quantitative estimate of drug-likeness (QED) is 0.480. The third kappa shape index (κ3) is 3.20. The van der Waals surface area contributed by atoms with Crippen LogP contribution in [0.1, 0.15) is 6.92 Å². The molecule has 1 aliphatic rings. The molecule has 2 unspecified atom stereocenters. The maximum Gasteiger partial charge on any atom is 0.224 e. The van der Waals surface area contributed by atoms with E-state index in [1.54, 1.807) is 12.4 Å². The molecular weight excluding hydrogens is 383 g/mol. The molecule has 2 aromatic heterocycles. The highest BCUT2D eigenvalue weighted by molar-refractivity contribution is 5.83. The molecule has 150 valence electrons. The molecule has 0 amide bonds. The zero-order valence-corrected chi connectivity index (χ0v) is 16.1. The standard InChI is InChI=1S/C21H19FN8/c1-12(26-19-17-18(25-11-24-17)28-21(23)29-19)20-27-16-8-7-14(22)9-13(16)10-30(20)15-5-3-2-4-6-15/h2-12,20H,1H3,(H4,23,24,25,26,28,29). The maximum atomic E-state index is 13.8. The van der Waals surface area contributed by atoms with Crippen molar-refractivity contribution in [2.24, 2.45) is 4.99 Å². The lowest BCUT2D eigenvalue weighted by Crippen LogP contribution is -2.49. The molecule has 4 N–H and O–H groups in total. The minimum Gasteiger partial charge on any atom is -0.368 e. The topological polar surface area (TPSA) is 108 Å². The Morgan fingerprint density at radius 1 is 1.17 bits per heavy atom. The number of fused-ring (bicyclic) bond motifs is 2. The predicted molar refractivity (Wildman–Crippen MR) is 114 cm³/mol. The van der Waals surface area contributed by atoms with Gasteiger partial charge in [0.25, 0.3) is 0 Å². The van der Waals surface area contributed by atoms with E-state index in [0.717, 1.165) is 16.3 Å². The van der Waals surface area contributed by atoms with Gasteiger partial charge < -0.3 is 20.9 Å². The normalized spacial score (nSPS) is 16.5. The number of halogens is 1. The van der Waals surface area contributed by atoms with Gasteiger partial charge in [-0.2, -0.15) is 9.97 Å². The van der Waals surface area contributed by atoms with E-state index >= 15 is 0 Å². The first-order valence-electron chi connectivity index (χ1n) is 9.50. The third-order valence-electron chi connectivity index (χ3n) is 4.99. The van der Waals surface area contributed by atoms with Crippen molar-refractivity contribution in [2.75, 3.05) is 16.0 Å². The first-order valence-corrected chi connectivity index (χ1v) is 9.50. The molecule has 2 atom stereocenters. The molecule has 0 saturated carbocycles. The van der Waals surface area contributed by atoms with Crippen molar-refractivity contribution in [3.8, 4) is 0 Å². The van der Waals surface area contributed by atoms with Crippen LogP contribution in [0.15, 0.2) is 59.9 Å². The van der Waals surface area contributed by atoms with E-state index in [1.165, 1.54) is 12.1 Å². The Morgan fingerprint density at radius 3 is 2.83 bits per heavy atom. The van der Waals surface area contributed by atoms with Gasteiger partial charge in [0, 0.05) is 17.1 Å². The number of nitrogens with zero attached hydrogens (tertiary/aromatic N) is 5. The van der Waals surface area contributed by atoms with Crippen LogP contribution in [-0.2, 0) is 0 Å². The zero-order valence-electron chi connectivity index (χ0n) is 16.1. The van der Waals surface area contributed by atoms with Crippen LogP contribution < -0.4 is 26.5 Å². The van der Waals surface area contributed by atoms with Gasteiger partial charge in [-0.15, -0.1) is 0 Å². The van der Waals surface area contributed by atoms with Gasteiger partial charge in [0.1, 0.15) is 17.5 Å². The average Bonchev–Trinajstić information content (AvgIpc) is 3.22. The zero-order chi connectivity index (χ0) is 20.7. The monoisotopic (exact) mass is 402 g/mol. The van der Waals surface area contributed by atoms with E-state index in [2.05, 4.69) is 25.3 Å². The number of hydrogen-bond donors (Lipinski definition) is 3. The Hall–Kier alpha value is -4.01. The minimum absolute atomic E-state index is 0.136. The first-order chi connectivity index (χ1) is 14.6. The number of rotatable bonds is 4. The van der Waals surface area contributed by atoms with E-state index in [1.807, 2.05) is 48.4 Å². The molecule has 9 heteroatoms. The second-order valence-corrected chi connectivity index (χ2v) is 7.08. The second kappa shape index (κ2) is 7.11. The van der Waals surface area contributed by atoms with Gasteiger partial charge in [-0.25, -0.2) is 9.37 Å². The molecule has 3 heterocycles.